The van der Waals surface area contributed by atoms with E-state index in [1.807, 2.05) is 21.1 Å². The smallest absolute Gasteiger partial charge is 0.391 e. The zero-order valence-corrected chi connectivity index (χ0v) is 19.8. The van der Waals surface area contributed by atoms with Crippen LogP contribution in [0.5, 0.6) is 0 Å². The SMILES string of the molecule is CCCCCCCCCCCCCCC(O)COP(=O)(O)OCC[N+](C)(C)C. The Bertz CT molecular complexity index is 401. The summed E-state index contributed by atoms with van der Waals surface area (Å²) in [6.45, 7) is 2.84. The monoisotopic (exact) mass is 424 g/mol. The Morgan fingerprint density at radius 3 is 1.75 bits per heavy atom. The van der Waals surface area contributed by atoms with Crippen molar-refractivity contribution < 1.29 is 28.1 Å². The summed E-state index contributed by atoms with van der Waals surface area (Å²) in [6, 6.07) is 0. The molecule has 0 amide bonds. The van der Waals surface area contributed by atoms with Gasteiger partial charge in [0.15, 0.2) is 0 Å². The summed E-state index contributed by atoms with van der Waals surface area (Å²) in [5, 5.41) is 9.91. The van der Waals surface area contributed by atoms with Gasteiger partial charge in [-0.3, -0.25) is 9.05 Å². The number of phosphoric ester groups is 1. The number of aliphatic hydroxyl groups is 1. The predicted octanol–water partition coefficient (Wildman–Crippen LogP) is 5.28. The quantitative estimate of drug-likeness (QED) is 0.158. The van der Waals surface area contributed by atoms with Crippen molar-refractivity contribution in [3.8, 4) is 0 Å². The van der Waals surface area contributed by atoms with E-state index in [-0.39, 0.29) is 13.2 Å². The van der Waals surface area contributed by atoms with Crippen LogP contribution in [0.15, 0.2) is 0 Å². The fourth-order valence-corrected chi connectivity index (χ4v) is 3.70. The number of likely N-dealkylation sites (N-methyl/N-ethyl adjacent to an activating group) is 1. The molecule has 0 radical (unpaired) electrons. The lowest BCUT2D eigenvalue weighted by Crippen LogP contribution is -2.37. The first kappa shape index (κ1) is 28.0. The Morgan fingerprint density at radius 1 is 0.821 bits per heavy atom. The number of nitrogens with zero attached hydrogens (tertiary/aromatic N) is 1. The lowest BCUT2D eigenvalue weighted by atomic mass is 10.0. The third-order valence-electron chi connectivity index (χ3n) is 4.84. The van der Waals surface area contributed by atoms with Gasteiger partial charge < -0.3 is 14.5 Å². The summed E-state index contributed by atoms with van der Waals surface area (Å²) >= 11 is 0. The molecule has 0 saturated heterocycles. The van der Waals surface area contributed by atoms with Crippen LogP contribution in [-0.2, 0) is 13.6 Å². The Hall–Kier alpha value is 0.0300. The van der Waals surface area contributed by atoms with Gasteiger partial charge in [0.25, 0.3) is 0 Å². The fraction of sp³-hybridized carbons (Fsp3) is 1.00. The van der Waals surface area contributed by atoms with Gasteiger partial charge in [-0.2, -0.15) is 0 Å². The topological polar surface area (TPSA) is 76.0 Å². The zero-order chi connectivity index (χ0) is 21.3. The first-order valence-corrected chi connectivity index (χ1v) is 12.8. The number of aliphatic hydroxyl groups excluding tert-OH is 1. The second kappa shape index (κ2) is 16.8. The second-order valence-corrected chi connectivity index (χ2v) is 10.4. The van der Waals surface area contributed by atoms with Crippen molar-refractivity contribution >= 4 is 7.82 Å². The molecule has 2 unspecified atom stereocenters. The largest absolute Gasteiger partial charge is 0.472 e. The van der Waals surface area contributed by atoms with Crippen LogP contribution < -0.4 is 0 Å². The molecule has 0 aromatic carbocycles. The molecular formula is C21H47NO5P+. The maximum Gasteiger partial charge on any atom is 0.472 e. The fourth-order valence-electron chi connectivity index (χ4n) is 2.95. The minimum absolute atomic E-state index is 0.145. The average Bonchev–Trinajstić information content (AvgIpc) is 2.59. The summed E-state index contributed by atoms with van der Waals surface area (Å²) in [7, 11) is 1.86. The third kappa shape index (κ3) is 20.8. The van der Waals surface area contributed by atoms with Crippen LogP contribution >= 0.6 is 7.82 Å². The van der Waals surface area contributed by atoms with Crippen LogP contribution in [0.2, 0.25) is 0 Å². The Kier molecular flexibility index (Phi) is 16.8. The van der Waals surface area contributed by atoms with Crippen molar-refractivity contribution in [1.82, 2.24) is 0 Å². The van der Waals surface area contributed by atoms with E-state index in [9.17, 15) is 14.6 Å². The molecule has 2 N–H and O–H groups in total. The zero-order valence-electron chi connectivity index (χ0n) is 18.9. The molecule has 7 heteroatoms. The third-order valence-corrected chi connectivity index (χ3v) is 5.82. The minimum Gasteiger partial charge on any atom is -0.391 e. The summed E-state index contributed by atoms with van der Waals surface area (Å²) < 4.78 is 22.2. The standard InChI is InChI=1S/C21H46NO5P/c1-5-6-7-8-9-10-11-12-13-14-15-16-17-21(23)20-27-28(24,25)26-19-18-22(2,3)4/h21,23H,5-20H2,1-4H3/p+1. The van der Waals surface area contributed by atoms with Gasteiger partial charge >= 0.3 is 7.82 Å². The molecule has 0 heterocycles. The molecule has 0 aliphatic carbocycles. The van der Waals surface area contributed by atoms with Gasteiger partial charge in [-0.05, 0) is 6.42 Å². The van der Waals surface area contributed by atoms with Crippen molar-refractivity contribution in [2.24, 2.45) is 0 Å². The Labute approximate surface area is 173 Å². The van der Waals surface area contributed by atoms with Gasteiger partial charge in [-0.1, -0.05) is 84.0 Å². The molecule has 0 aliphatic heterocycles. The van der Waals surface area contributed by atoms with Gasteiger partial charge in [0.05, 0.1) is 33.9 Å². The van der Waals surface area contributed by atoms with E-state index in [2.05, 4.69) is 6.92 Å². The number of hydrogen-bond donors (Lipinski definition) is 2. The molecule has 0 saturated carbocycles. The normalized spacial score (nSPS) is 15.5. The highest BCUT2D eigenvalue weighted by Gasteiger charge is 2.23. The Balaban J connectivity index is 3.49. The molecule has 0 aromatic rings. The summed E-state index contributed by atoms with van der Waals surface area (Å²) in [4.78, 5) is 9.63. The molecule has 28 heavy (non-hydrogen) atoms. The second-order valence-electron chi connectivity index (χ2n) is 8.94. The van der Waals surface area contributed by atoms with E-state index < -0.39 is 13.9 Å². The average molecular weight is 425 g/mol. The number of unbranched alkanes of at least 4 members (excludes halogenated alkanes) is 11. The van der Waals surface area contributed by atoms with Gasteiger partial charge in [-0.15, -0.1) is 0 Å². The van der Waals surface area contributed by atoms with Gasteiger partial charge in [0.2, 0.25) is 0 Å². The first-order valence-electron chi connectivity index (χ1n) is 11.3. The van der Waals surface area contributed by atoms with Crippen LogP contribution in [0.3, 0.4) is 0 Å². The van der Waals surface area contributed by atoms with Crippen LogP contribution in [0.1, 0.15) is 90.4 Å². The molecule has 170 valence electrons. The molecule has 0 fully saturated rings. The maximum absolute atomic E-state index is 11.8. The highest BCUT2D eigenvalue weighted by molar-refractivity contribution is 7.47. The van der Waals surface area contributed by atoms with Crippen molar-refractivity contribution in [2.45, 2.75) is 96.5 Å². The van der Waals surface area contributed by atoms with Gasteiger partial charge in [0.1, 0.15) is 13.2 Å². The lowest BCUT2D eigenvalue weighted by Gasteiger charge is -2.24. The van der Waals surface area contributed by atoms with E-state index in [1.165, 1.54) is 64.2 Å². The Morgan fingerprint density at radius 2 is 1.29 bits per heavy atom. The molecule has 0 rings (SSSR count). The molecule has 0 aromatic heterocycles. The maximum atomic E-state index is 11.8. The summed E-state index contributed by atoms with van der Waals surface area (Å²) in [6.07, 6.45) is 15.2. The number of phosphoric acid groups is 1. The highest BCUT2D eigenvalue weighted by atomic mass is 31.2. The number of quaternary nitrogens is 1. The van der Waals surface area contributed by atoms with Crippen molar-refractivity contribution in [2.75, 3.05) is 40.9 Å². The number of hydrogen-bond acceptors (Lipinski definition) is 4. The first-order chi connectivity index (χ1) is 13.2. The van der Waals surface area contributed by atoms with Crippen LogP contribution in [0.4, 0.5) is 0 Å². The van der Waals surface area contributed by atoms with Crippen LogP contribution in [0.25, 0.3) is 0 Å². The van der Waals surface area contributed by atoms with Gasteiger partial charge in [0, 0.05) is 0 Å². The van der Waals surface area contributed by atoms with E-state index in [0.717, 1.165) is 12.8 Å². The molecule has 0 aliphatic rings. The lowest BCUT2D eigenvalue weighted by molar-refractivity contribution is -0.870. The van der Waals surface area contributed by atoms with E-state index in [1.54, 1.807) is 0 Å². The van der Waals surface area contributed by atoms with Crippen LogP contribution in [-0.4, -0.2) is 61.5 Å². The van der Waals surface area contributed by atoms with Crippen molar-refractivity contribution in [1.29, 1.82) is 0 Å². The molecule has 0 spiro atoms. The van der Waals surface area contributed by atoms with Crippen LogP contribution in [0, 0.1) is 0 Å². The van der Waals surface area contributed by atoms with Gasteiger partial charge in [-0.25, -0.2) is 4.57 Å². The van der Waals surface area contributed by atoms with Crippen molar-refractivity contribution in [3.63, 3.8) is 0 Å². The van der Waals surface area contributed by atoms with E-state index in [0.29, 0.717) is 17.4 Å². The minimum atomic E-state index is -4.07. The number of rotatable bonds is 20. The predicted molar refractivity (Wildman–Crippen MR) is 116 cm³/mol. The molecule has 0 bridgehead atoms. The molecular weight excluding hydrogens is 377 g/mol. The summed E-state index contributed by atoms with van der Waals surface area (Å²) in [5.74, 6) is 0. The summed E-state index contributed by atoms with van der Waals surface area (Å²) in [5.41, 5.74) is 0. The van der Waals surface area contributed by atoms with E-state index >= 15 is 0 Å². The van der Waals surface area contributed by atoms with Crippen molar-refractivity contribution in [3.05, 3.63) is 0 Å². The molecule has 2 atom stereocenters. The highest BCUT2D eigenvalue weighted by Crippen LogP contribution is 2.43. The molecule has 6 nitrogen and oxygen atoms in total. The van der Waals surface area contributed by atoms with E-state index in [4.69, 9.17) is 9.05 Å².